The molecule has 0 unspecified atom stereocenters. The van der Waals surface area contributed by atoms with Crippen LogP contribution in [0.5, 0.6) is 0 Å². The summed E-state index contributed by atoms with van der Waals surface area (Å²) in [6, 6.07) is 4.12. The highest BCUT2D eigenvalue weighted by molar-refractivity contribution is 5.78. The molecule has 3 rings (SSSR count). The normalized spacial score (nSPS) is 21.5. The highest BCUT2D eigenvalue weighted by atomic mass is 16.6. The second-order valence-corrected chi connectivity index (χ2v) is 6.50. The van der Waals surface area contributed by atoms with Gasteiger partial charge in [0, 0.05) is 31.2 Å². The van der Waals surface area contributed by atoms with E-state index in [0.29, 0.717) is 5.41 Å². The fraction of sp³-hybridized carbons (Fsp3) is 0.588. The molecule has 2 fully saturated rings. The predicted molar refractivity (Wildman–Crippen MR) is 82.2 cm³/mol. The molecule has 1 saturated carbocycles. The van der Waals surface area contributed by atoms with Crippen molar-refractivity contribution >= 4 is 18.1 Å². The molecular formula is C17H22N2O3. The van der Waals surface area contributed by atoms with Gasteiger partial charge in [0.25, 0.3) is 0 Å². The Morgan fingerprint density at radius 1 is 1.18 bits per heavy atom. The van der Waals surface area contributed by atoms with E-state index in [1.807, 2.05) is 12.4 Å². The van der Waals surface area contributed by atoms with Gasteiger partial charge in [-0.3, -0.25) is 14.6 Å². The molecule has 0 amide bonds. The van der Waals surface area contributed by atoms with Crippen molar-refractivity contribution in [2.45, 2.75) is 38.5 Å². The van der Waals surface area contributed by atoms with Gasteiger partial charge >= 0.3 is 12.4 Å². The molecule has 0 radical (unpaired) electrons. The van der Waals surface area contributed by atoms with Crippen molar-refractivity contribution < 1.29 is 14.3 Å². The molecule has 0 atom stereocenters. The molecule has 5 heteroatoms. The van der Waals surface area contributed by atoms with Crippen LogP contribution in [-0.2, 0) is 14.3 Å². The van der Waals surface area contributed by atoms with E-state index in [2.05, 4.69) is 26.8 Å². The molecule has 1 spiro atoms. The van der Waals surface area contributed by atoms with E-state index in [9.17, 15) is 9.59 Å². The predicted octanol–water partition coefficient (Wildman–Crippen LogP) is 2.56. The topological polar surface area (TPSA) is 59.5 Å². The van der Waals surface area contributed by atoms with Gasteiger partial charge in [-0.2, -0.15) is 0 Å². The SMILES string of the molecule is O=COC(=O)C1CCC2(CC1)CCN(c1ccncc1)CC2. The molecule has 118 valence electrons. The number of hydrogen-bond donors (Lipinski definition) is 0. The third-order valence-electron chi connectivity index (χ3n) is 5.40. The Bertz CT molecular complexity index is 514. The summed E-state index contributed by atoms with van der Waals surface area (Å²) in [5.41, 5.74) is 1.62. The van der Waals surface area contributed by atoms with Gasteiger partial charge in [0.15, 0.2) is 0 Å². The molecule has 1 aromatic rings. The summed E-state index contributed by atoms with van der Waals surface area (Å²) in [6.07, 6.45) is 9.85. The van der Waals surface area contributed by atoms with Crippen LogP contribution in [0, 0.1) is 11.3 Å². The number of anilines is 1. The number of ether oxygens (including phenoxy) is 1. The number of piperidine rings is 1. The minimum absolute atomic E-state index is 0.0888. The van der Waals surface area contributed by atoms with Crippen molar-refractivity contribution in [2.24, 2.45) is 11.3 Å². The Morgan fingerprint density at radius 3 is 2.41 bits per heavy atom. The third kappa shape index (κ3) is 3.13. The maximum atomic E-state index is 11.6. The first-order valence-electron chi connectivity index (χ1n) is 8.02. The van der Waals surface area contributed by atoms with E-state index in [4.69, 9.17) is 0 Å². The molecule has 1 aliphatic carbocycles. The Kier molecular flexibility index (Phi) is 4.41. The summed E-state index contributed by atoms with van der Waals surface area (Å²) in [5, 5.41) is 0. The molecule has 0 aromatic carbocycles. The van der Waals surface area contributed by atoms with Crippen LogP contribution >= 0.6 is 0 Å². The van der Waals surface area contributed by atoms with E-state index in [1.54, 1.807) is 0 Å². The number of rotatable bonds is 3. The van der Waals surface area contributed by atoms with E-state index in [0.717, 1.165) is 38.8 Å². The summed E-state index contributed by atoms with van der Waals surface area (Å²) in [6.45, 7) is 2.38. The van der Waals surface area contributed by atoms with Gasteiger partial charge in [-0.15, -0.1) is 0 Å². The summed E-state index contributed by atoms with van der Waals surface area (Å²) in [5.74, 6) is -0.437. The smallest absolute Gasteiger partial charge is 0.316 e. The number of carbonyl (C=O) groups excluding carboxylic acids is 2. The summed E-state index contributed by atoms with van der Waals surface area (Å²) >= 11 is 0. The molecular weight excluding hydrogens is 280 g/mol. The lowest BCUT2D eigenvalue weighted by Crippen LogP contribution is -2.42. The highest BCUT2D eigenvalue weighted by Crippen LogP contribution is 2.46. The Hall–Kier alpha value is -1.91. The van der Waals surface area contributed by atoms with Gasteiger partial charge < -0.3 is 9.64 Å². The van der Waals surface area contributed by atoms with Crippen LogP contribution in [0.4, 0.5) is 5.69 Å². The largest absolute Gasteiger partial charge is 0.395 e. The lowest BCUT2D eigenvalue weighted by atomic mass is 9.65. The number of esters is 1. The molecule has 2 heterocycles. The quantitative estimate of drug-likeness (QED) is 0.488. The van der Waals surface area contributed by atoms with Gasteiger partial charge in [-0.05, 0) is 56.1 Å². The highest BCUT2D eigenvalue weighted by Gasteiger charge is 2.40. The first kappa shape index (κ1) is 15.0. The van der Waals surface area contributed by atoms with Crippen LogP contribution in [0.2, 0.25) is 0 Å². The Morgan fingerprint density at radius 2 is 1.82 bits per heavy atom. The van der Waals surface area contributed by atoms with E-state index in [1.165, 1.54) is 18.5 Å². The van der Waals surface area contributed by atoms with Crippen LogP contribution in [-0.4, -0.2) is 30.5 Å². The molecule has 1 saturated heterocycles. The number of nitrogens with zero attached hydrogens (tertiary/aromatic N) is 2. The van der Waals surface area contributed by atoms with Gasteiger partial charge in [-0.1, -0.05) is 0 Å². The van der Waals surface area contributed by atoms with Crippen molar-refractivity contribution in [2.75, 3.05) is 18.0 Å². The molecule has 2 aliphatic rings. The summed E-state index contributed by atoms with van der Waals surface area (Å²) in [4.78, 5) is 28.4. The Balaban J connectivity index is 1.54. The number of pyridine rings is 1. The first-order chi connectivity index (χ1) is 10.7. The number of carbonyl (C=O) groups is 2. The summed E-state index contributed by atoms with van der Waals surface area (Å²) in [7, 11) is 0. The van der Waals surface area contributed by atoms with Crippen molar-refractivity contribution in [1.29, 1.82) is 0 Å². The fourth-order valence-electron chi connectivity index (χ4n) is 3.90. The van der Waals surface area contributed by atoms with Crippen LogP contribution in [0.25, 0.3) is 0 Å². The molecule has 5 nitrogen and oxygen atoms in total. The van der Waals surface area contributed by atoms with Gasteiger partial charge in [0.2, 0.25) is 0 Å². The second kappa shape index (κ2) is 6.46. The maximum Gasteiger partial charge on any atom is 0.316 e. The van der Waals surface area contributed by atoms with Crippen molar-refractivity contribution in [3.63, 3.8) is 0 Å². The van der Waals surface area contributed by atoms with Crippen molar-refractivity contribution in [3.05, 3.63) is 24.5 Å². The lowest BCUT2D eigenvalue weighted by Gasteiger charge is -2.46. The molecule has 22 heavy (non-hydrogen) atoms. The zero-order chi connectivity index (χ0) is 15.4. The van der Waals surface area contributed by atoms with Gasteiger partial charge in [0.1, 0.15) is 0 Å². The molecule has 0 N–H and O–H groups in total. The van der Waals surface area contributed by atoms with Crippen LogP contribution < -0.4 is 4.90 Å². The minimum atomic E-state index is -0.348. The van der Waals surface area contributed by atoms with E-state index < -0.39 is 0 Å². The molecule has 0 bridgehead atoms. The van der Waals surface area contributed by atoms with Gasteiger partial charge in [0.05, 0.1) is 5.92 Å². The van der Waals surface area contributed by atoms with Crippen molar-refractivity contribution in [3.8, 4) is 0 Å². The van der Waals surface area contributed by atoms with Gasteiger partial charge in [-0.25, -0.2) is 0 Å². The number of aromatic nitrogens is 1. The molecule has 1 aromatic heterocycles. The standard InChI is InChI=1S/C17H22N2O3/c20-13-22-16(21)14-1-5-17(6-2-14)7-11-19(12-8-17)15-3-9-18-10-4-15/h3-4,9-10,13-14H,1-2,5-8,11-12H2. The first-order valence-corrected chi connectivity index (χ1v) is 8.02. The zero-order valence-corrected chi connectivity index (χ0v) is 12.7. The zero-order valence-electron chi connectivity index (χ0n) is 12.7. The second-order valence-electron chi connectivity index (χ2n) is 6.50. The third-order valence-corrected chi connectivity index (χ3v) is 5.40. The van der Waals surface area contributed by atoms with E-state index in [-0.39, 0.29) is 18.4 Å². The monoisotopic (exact) mass is 302 g/mol. The maximum absolute atomic E-state index is 11.6. The lowest BCUT2D eigenvalue weighted by molar-refractivity contribution is -0.156. The average Bonchev–Trinajstić information content (AvgIpc) is 2.57. The molecule has 1 aliphatic heterocycles. The van der Waals surface area contributed by atoms with E-state index >= 15 is 0 Å². The number of hydrogen-bond acceptors (Lipinski definition) is 5. The van der Waals surface area contributed by atoms with Crippen molar-refractivity contribution in [1.82, 2.24) is 4.98 Å². The van der Waals surface area contributed by atoms with Crippen LogP contribution in [0.1, 0.15) is 38.5 Å². The fourth-order valence-corrected chi connectivity index (χ4v) is 3.90. The Labute approximate surface area is 130 Å². The minimum Gasteiger partial charge on any atom is -0.395 e. The average molecular weight is 302 g/mol. The van der Waals surface area contributed by atoms with Crippen LogP contribution in [0.3, 0.4) is 0 Å². The summed E-state index contributed by atoms with van der Waals surface area (Å²) < 4.78 is 4.50. The van der Waals surface area contributed by atoms with Crippen LogP contribution in [0.15, 0.2) is 24.5 Å².